The van der Waals surface area contributed by atoms with Gasteiger partial charge in [-0.05, 0) is 62.2 Å². The Balaban J connectivity index is 1.35. The number of nitrogens with two attached hydrogens (primary N) is 1. The SMILES string of the molecule is Cc1cc(-c2nc(CSc3nc(N)c(C#N)c(-c4ccc(OC[C@H]5COC(C)(C)O5)cc4)c3C#N)co2)ccc1Cl. The van der Waals surface area contributed by atoms with Gasteiger partial charge < -0.3 is 24.4 Å². The number of benzene rings is 2. The Morgan fingerprint density at radius 1 is 1.10 bits per heavy atom. The van der Waals surface area contributed by atoms with Crippen molar-refractivity contribution in [3.63, 3.8) is 0 Å². The third kappa shape index (κ3) is 6.32. The fraction of sp³-hybridized carbons (Fsp3) is 0.267. The Labute approximate surface area is 246 Å². The summed E-state index contributed by atoms with van der Waals surface area (Å²) >= 11 is 7.42. The van der Waals surface area contributed by atoms with E-state index in [1.54, 1.807) is 36.6 Å². The van der Waals surface area contributed by atoms with Crippen molar-refractivity contribution in [2.75, 3.05) is 18.9 Å². The second kappa shape index (κ2) is 11.8. The molecule has 41 heavy (non-hydrogen) atoms. The summed E-state index contributed by atoms with van der Waals surface area (Å²) in [5, 5.41) is 21.0. The average molecular weight is 588 g/mol. The maximum atomic E-state index is 10.1. The zero-order valence-corrected chi connectivity index (χ0v) is 24.2. The summed E-state index contributed by atoms with van der Waals surface area (Å²) in [5.41, 5.74) is 10.0. The zero-order valence-electron chi connectivity index (χ0n) is 22.6. The molecule has 0 radical (unpaired) electrons. The van der Waals surface area contributed by atoms with E-state index in [1.165, 1.54) is 11.8 Å². The van der Waals surface area contributed by atoms with E-state index < -0.39 is 5.79 Å². The summed E-state index contributed by atoms with van der Waals surface area (Å²) in [4.78, 5) is 8.94. The number of hydrogen-bond acceptors (Lipinski definition) is 10. The molecule has 2 aromatic heterocycles. The third-order valence-corrected chi connectivity index (χ3v) is 7.81. The molecule has 1 aliphatic heterocycles. The van der Waals surface area contributed by atoms with Gasteiger partial charge in [0.15, 0.2) is 5.79 Å². The first kappa shape index (κ1) is 28.5. The molecule has 1 aliphatic rings. The van der Waals surface area contributed by atoms with Gasteiger partial charge in [0.05, 0.1) is 17.9 Å². The number of halogens is 1. The fourth-order valence-electron chi connectivity index (χ4n) is 4.37. The largest absolute Gasteiger partial charge is 0.491 e. The van der Waals surface area contributed by atoms with Crippen LogP contribution in [-0.2, 0) is 15.2 Å². The van der Waals surface area contributed by atoms with Crippen LogP contribution in [0.5, 0.6) is 5.75 Å². The quantitative estimate of drug-likeness (QED) is 0.227. The van der Waals surface area contributed by atoms with E-state index in [2.05, 4.69) is 22.1 Å². The molecule has 2 aromatic carbocycles. The Morgan fingerprint density at radius 3 is 2.49 bits per heavy atom. The molecule has 208 valence electrons. The van der Waals surface area contributed by atoms with Crippen molar-refractivity contribution in [1.29, 1.82) is 10.5 Å². The van der Waals surface area contributed by atoms with Gasteiger partial charge >= 0.3 is 0 Å². The highest BCUT2D eigenvalue weighted by Gasteiger charge is 2.33. The van der Waals surface area contributed by atoms with Crippen LogP contribution in [0.25, 0.3) is 22.6 Å². The van der Waals surface area contributed by atoms with Crippen molar-refractivity contribution in [2.24, 2.45) is 0 Å². The number of thioether (sulfide) groups is 1. The van der Waals surface area contributed by atoms with Crippen molar-refractivity contribution in [2.45, 2.75) is 43.4 Å². The van der Waals surface area contributed by atoms with Crippen LogP contribution in [-0.4, -0.2) is 35.1 Å². The van der Waals surface area contributed by atoms with E-state index in [4.69, 9.17) is 36.0 Å². The summed E-state index contributed by atoms with van der Waals surface area (Å²) in [6, 6.07) is 17.0. The number of hydrogen-bond donors (Lipinski definition) is 1. The molecule has 2 N–H and O–H groups in total. The Morgan fingerprint density at radius 2 is 1.83 bits per heavy atom. The standard InChI is InChI=1S/C30H26ClN5O4S/c1-17-10-19(6-9-25(17)31)28-35-20(13-38-28)16-41-29-24(12-33)26(23(11-32)27(34)36-29)18-4-7-21(8-5-18)37-14-22-15-39-30(2,3)40-22/h4-10,13,22H,14-16H2,1-3H3,(H2,34,36)/t22-/m0/s1. The lowest BCUT2D eigenvalue weighted by Gasteiger charge is -2.17. The number of ether oxygens (including phenoxy) is 3. The van der Waals surface area contributed by atoms with Crippen LogP contribution in [0.15, 0.2) is 58.2 Å². The molecule has 0 aliphatic carbocycles. The van der Waals surface area contributed by atoms with Crippen LogP contribution in [0.4, 0.5) is 5.82 Å². The second-order valence-electron chi connectivity index (χ2n) is 9.83. The maximum absolute atomic E-state index is 10.1. The van der Waals surface area contributed by atoms with E-state index in [-0.39, 0.29) is 23.0 Å². The summed E-state index contributed by atoms with van der Waals surface area (Å²) in [6.45, 7) is 6.42. The number of nitrogens with zero attached hydrogens (tertiary/aromatic N) is 4. The van der Waals surface area contributed by atoms with E-state index in [9.17, 15) is 10.5 Å². The molecule has 4 aromatic rings. The molecule has 9 nitrogen and oxygen atoms in total. The molecule has 3 heterocycles. The second-order valence-corrected chi connectivity index (χ2v) is 11.2. The Kier molecular flexibility index (Phi) is 8.20. The van der Waals surface area contributed by atoms with Crippen LogP contribution in [0.3, 0.4) is 0 Å². The minimum Gasteiger partial charge on any atom is -0.491 e. The number of pyridine rings is 1. The predicted molar refractivity (Wildman–Crippen MR) is 155 cm³/mol. The molecule has 1 atom stereocenters. The van der Waals surface area contributed by atoms with Gasteiger partial charge in [0.2, 0.25) is 5.89 Å². The molecule has 0 unspecified atom stereocenters. The van der Waals surface area contributed by atoms with Crippen LogP contribution in [0.2, 0.25) is 5.02 Å². The van der Waals surface area contributed by atoms with Crippen LogP contribution in [0.1, 0.15) is 36.2 Å². The van der Waals surface area contributed by atoms with Crippen molar-refractivity contribution < 1.29 is 18.6 Å². The van der Waals surface area contributed by atoms with Crippen LogP contribution < -0.4 is 10.5 Å². The normalized spacial score (nSPS) is 15.8. The first-order chi connectivity index (χ1) is 19.7. The van der Waals surface area contributed by atoms with E-state index in [1.807, 2.05) is 32.9 Å². The molecular weight excluding hydrogens is 562 g/mol. The zero-order chi connectivity index (χ0) is 29.1. The van der Waals surface area contributed by atoms with Gasteiger partial charge in [-0.2, -0.15) is 10.5 Å². The molecule has 0 bridgehead atoms. The number of nitrogen functional groups attached to an aromatic ring is 1. The van der Waals surface area contributed by atoms with Gasteiger partial charge in [0.25, 0.3) is 0 Å². The lowest BCUT2D eigenvalue weighted by Crippen LogP contribution is -2.25. The molecular formula is C30H26ClN5O4S. The number of rotatable bonds is 8. The van der Waals surface area contributed by atoms with Gasteiger partial charge in [-0.25, -0.2) is 9.97 Å². The summed E-state index contributed by atoms with van der Waals surface area (Å²) in [5.74, 6) is 0.879. The van der Waals surface area contributed by atoms with Crippen molar-refractivity contribution in [1.82, 2.24) is 9.97 Å². The van der Waals surface area contributed by atoms with Crippen molar-refractivity contribution in [3.05, 3.63) is 76.1 Å². The highest BCUT2D eigenvalue weighted by Crippen LogP contribution is 2.37. The molecule has 0 saturated carbocycles. The van der Waals surface area contributed by atoms with Crippen LogP contribution >= 0.6 is 23.4 Å². The van der Waals surface area contributed by atoms with Gasteiger partial charge in [-0.3, -0.25) is 0 Å². The molecule has 11 heteroatoms. The lowest BCUT2D eigenvalue weighted by atomic mass is 9.97. The van der Waals surface area contributed by atoms with Gasteiger partial charge in [0.1, 0.15) is 53.3 Å². The highest BCUT2D eigenvalue weighted by atomic mass is 35.5. The molecule has 1 fully saturated rings. The molecule has 5 rings (SSSR count). The number of anilines is 1. The minimum absolute atomic E-state index is 0.0443. The van der Waals surface area contributed by atoms with E-state index >= 15 is 0 Å². The number of aryl methyl sites for hydroxylation is 1. The molecule has 0 spiro atoms. The average Bonchev–Trinajstić information content (AvgIpc) is 3.58. The molecule has 1 saturated heterocycles. The first-order valence-corrected chi connectivity index (χ1v) is 14.1. The van der Waals surface area contributed by atoms with E-state index in [0.29, 0.717) is 57.5 Å². The van der Waals surface area contributed by atoms with Gasteiger partial charge in [-0.1, -0.05) is 35.5 Å². The van der Waals surface area contributed by atoms with Gasteiger partial charge in [0, 0.05) is 21.9 Å². The Hall–Kier alpha value is -4.06. The monoisotopic (exact) mass is 587 g/mol. The fourth-order valence-corrected chi connectivity index (χ4v) is 5.36. The number of oxazole rings is 1. The van der Waals surface area contributed by atoms with Crippen molar-refractivity contribution >= 4 is 29.2 Å². The van der Waals surface area contributed by atoms with Crippen LogP contribution in [0, 0.1) is 29.6 Å². The van der Waals surface area contributed by atoms with E-state index in [0.717, 1.165) is 11.1 Å². The van der Waals surface area contributed by atoms with Gasteiger partial charge in [-0.15, -0.1) is 0 Å². The number of aromatic nitrogens is 2. The number of nitriles is 2. The lowest BCUT2D eigenvalue weighted by molar-refractivity contribution is -0.141. The summed E-state index contributed by atoms with van der Waals surface area (Å²) < 4.78 is 22.9. The maximum Gasteiger partial charge on any atom is 0.226 e. The minimum atomic E-state index is -0.623. The van der Waals surface area contributed by atoms with Crippen molar-refractivity contribution in [3.8, 4) is 40.5 Å². The Bertz CT molecular complexity index is 1670. The highest BCUT2D eigenvalue weighted by molar-refractivity contribution is 7.98. The molecule has 0 amide bonds. The summed E-state index contributed by atoms with van der Waals surface area (Å²) in [7, 11) is 0. The third-order valence-electron chi connectivity index (χ3n) is 6.38. The predicted octanol–water partition coefficient (Wildman–Crippen LogP) is 6.51. The topological polar surface area (TPSA) is 140 Å². The summed E-state index contributed by atoms with van der Waals surface area (Å²) in [6.07, 6.45) is 1.39. The first-order valence-electron chi connectivity index (χ1n) is 12.7. The smallest absolute Gasteiger partial charge is 0.226 e.